The van der Waals surface area contributed by atoms with Crippen LogP contribution in [0.3, 0.4) is 0 Å². The van der Waals surface area contributed by atoms with Gasteiger partial charge in [-0.2, -0.15) is 0 Å². The summed E-state index contributed by atoms with van der Waals surface area (Å²) >= 11 is 0. The van der Waals surface area contributed by atoms with E-state index in [9.17, 15) is 9.59 Å². The van der Waals surface area contributed by atoms with E-state index in [1.54, 1.807) is 23.2 Å². The van der Waals surface area contributed by atoms with Crippen LogP contribution in [-0.4, -0.2) is 66.1 Å². The standard InChI is InChI=1S/C26H40N4O5/c1-5-6-15-29-16-14-22(19-29)30(25(32)34-26(2,3)4)21-12-10-20(27-18-21)11-13-23(31)28-35-24-9-7-8-17-33-24/h10-13,18,22,24H,5-9,14-17,19H2,1-4H3,(H,28,31)/b13-11+/t22-,24?/m1/s1. The van der Waals surface area contributed by atoms with Gasteiger partial charge in [-0.05, 0) is 71.2 Å². The minimum Gasteiger partial charge on any atom is -0.443 e. The van der Waals surface area contributed by atoms with E-state index >= 15 is 0 Å². The number of likely N-dealkylation sites (tertiary alicyclic amines) is 1. The van der Waals surface area contributed by atoms with Gasteiger partial charge in [0, 0.05) is 32.2 Å². The summed E-state index contributed by atoms with van der Waals surface area (Å²) in [6.45, 7) is 11.2. The highest BCUT2D eigenvalue weighted by molar-refractivity contribution is 5.91. The molecule has 2 saturated heterocycles. The molecule has 0 saturated carbocycles. The molecule has 2 aliphatic heterocycles. The van der Waals surface area contributed by atoms with E-state index in [1.807, 2.05) is 26.8 Å². The van der Waals surface area contributed by atoms with Crippen molar-refractivity contribution in [1.29, 1.82) is 0 Å². The quantitative estimate of drug-likeness (QED) is 0.409. The van der Waals surface area contributed by atoms with Crippen LogP contribution in [0.1, 0.15) is 71.9 Å². The molecule has 2 fully saturated rings. The number of ether oxygens (including phenoxy) is 2. The summed E-state index contributed by atoms with van der Waals surface area (Å²) in [6, 6.07) is 3.65. The van der Waals surface area contributed by atoms with Crippen molar-refractivity contribution in [2.24, 2.45) is 0 Å². The number of hydroxylamine groups is 1. The van der Waals surface area contributed by atoms with Crippen LogP contribution in [0.25, 0.3) is 6.08 Å². The van der Waals surface area contributed by atoms with Gasteiger partial charge in [0.05, 0.1) is 23.6 Å². The number of hydrogen-bond donors (Lipinski definition) is 1. The Labute approximate surface area is 208 Å². The van der Waals surface area contributed by atoms with Crippen molar-refractivity contribution in [3.63, 3.8) is 0 Å². The Hall–Kier alpha value is -2.49. The van der Waals surface area contributed by atoms with Crippen molar-refractivity contribution in [1.82, 2.24) is 15.4 Å². The van der Waals surface area contributed by atoms with Gasteiger partial charge in [0.1, 0.15) is 5.60 Å². The number of unbranched alkanes of at least 4 members (excludes halogenated alkanes) is 1. The molecule has 2 amide bonds. The number of nitrogens with zero attached hydrogens (tertiary/aromatic N) is 3. The van der Waals surface area contributed by atoms with E-state index in [0.717, 1.165) is 58.2 Å². The van der Waals surface area contributed by atoms with Gasteiger partial charge >= 0.3 is 6.09 Å². The summed E-state index contributed by atoms with van der Waals surface area (Å²) in [5.74, 6) is -0.390. The molecule has 2 atom stereocenters. The van der Waals surface area contributed by atoms with E-state index in [4.69, 9.17) is 14.3 Å². The highest BCUT2D eigenvalue weighted by Crippen LogP contribution is 2.26. The van der Waals surface area contributed by atoms with Crippen molar-refractivity contribution >= 4 is 23.8 Å². The van der Waals surface area contributed by atoms with E-state index in [1.165, 1.54) is 6.08 Å². The van der Waals surface area contributed by atoms with Crippen LogP contribution in [0.2, 0.25) is 0 Å². The van der Waals surface area contributed by atoms with Crippen molar-refractivity contribution < 1.29 is 23.9 Å². The van der Waals surface area contributed by atoms with Crippen LogP contribution in [-0.2, 0) is 19.1 Å². The van der Waals surface area contributed by atoms with Gasteiger partial charge in [-0.1, -0.05) is 13.3 Å². The summed E-state index contributed by atoms with van der Waals surface area (Å²) in [6.07, 6.45) is 9.82. The smallest absolute Gasteiger partial charge is 0.415 e. The fourth-order valence-corrected chi connectivity index (χ4v) is 4.15. The molecule has 1 aromatic rings. The number of anilines is 1. The van der Waals surface area contributed by atoms with E-state index in [0.29, 0.717) is 18.0 Å². The number of aromatic nitrogens is 1. The molecule has 9 nitrogen and oxygen atoms in total. The number of carbonyl (C=O) groups excluding carboxylic acids is 2. The lowest BCUT2D eigenvalue weighted by Gasteiger charge is -2.31. The molecule has 0 bridgehead atoms. The Morgan fingerprint density at radius 1 is 1.29 bits per heavy atom. The zero-order chi connectivity index (χ0) is 25.3. The van der Waals surface area contributed by atoms with E-state index in [2.05, 4.69) is 22.3 Å². The van der Waals surface area contributed by atoms with Crippen LogP contribution in [0.5, 0.6) is 0 Å². The topological polar surface area (TPSA) is 93.2 Å². The number of carbonyl (C=O) groups is 2. The van der Waals surface area contributed by atoms with Crippen molar-refractivity contribution in [3.05, 3.63) is 30.1 Å². The van der Waals surface area contributed by atoms with Crippen LogP contribution in [0.4, 0.5) is 10.5 Å². The highest BCUT2D eigenvalue weighted by atomic mass is 16.8. The third-order valence-corrected chi connectivity index (χ3v) is 5.91. The first kappa shape index (κ1) is 27.1. The summed E-state index contributed by atoms with van der Waals surface area (Å²) in [5, 5.41) is 0. The number of rotatable bonds is 9. The molecular weight excluding hydrogens is 448 g/mol. The maximum Gasteiger partial charge on any atom is 0.415 e. The molecule has 3 heterocycles. The van der Waals surface area contributed by atoms with Gasteiger partial charge in [0.25, 0.3) is 5.91 Å². The lowest BCUT2D eigenvalue weighted by molar-refractivity contribution is -0.198. The van der Waals surface area contributed by atoms with Crippen molar-refractivity contribution in [2.75, 3.05) is 31.1 Å². The highest BCUT2D eigenvalue weighted by Gasteiger charge is 2.34. The average molecular weight is 489 g/mol. The van der Waals surface area contributed by atoms with Gasteiger partial charge in [-0.3, -0.25) is 14.7 Å². The second-order valence-electron chi connectivity index (χ2n) is 10.1. The fraction of sp³-hybridized carbons (Fsp3) is 0.654. The molecule has 194 valence electrons. The molecule has 1 unspecified atom stereocenters. The number of amides is 2. The van der Waals surface area contributed by atoms with Crippen LogP contribution in [0, 0.1) is 0 Å². The van der Waals surface area contributed by atoms with Crippen LogP contribution < -0.4 is 10.4 Å². The average Bonchev–Trinajstić information content (AvgIpc) is 3.29. The Morgan fingerprint density at radius 2 is 2.11 bits per heavy atom. The summed E-state index contributed by atoms with van der Waals surface area (Å²) in [7, 11) is 0. The molecule has 2 aliphatic rings. The van der Waals surface area contributed by atoms with E-state index in [-0.39, 0.29) is 12.1 Å². The van der Waals surface area contributed by atoms with Gasteiger partial charge in [-0.15, -0.1) is 0 Å². The maximum atomic E-state index is 13.1. The number of nitrogens with one attached hydrogen (secondary N) is 1. The molecule has 0 aromatic carbocycles. The SMILES string of the molecule is CCCCN1CC[C@@H](N(C(=O)OC(C)(C)C)c2ccc(/C=C/C(=O)NOC3CCCCO3)nc2)C1. The first-order valence-electron chi connectivity index (χ1n) is 12.7. The van der Waals surface area contributed by atoms with Crippen molar-refractivity contribution in [3.8, 4) is 0 Å². The first-order valence-corrected chi connectivity index (χ1v) is 12.7. The molecule has 0 aliphatic carbocycles. The van der Waals surface area contributed by atoms with Gasteiger partial charge in [0.2, 0.25) is 0 Å². The minimum atomic E-state index is -0.593. The first-order chi connectivity index (χ1) is 16.7. The van der Waals surface area contributed by atoms with E-state index < -0.39 is 17.8 Å². The Balaban J connectivity index is 1.63. The molecule has 35 heavy (non-hydrogen) atoms. The predicted octanol–water partition coefficient (Wildman–Crippen LogP) is 4.29. The monoisotopic (exact) mass is 488 g/mol. The third-order valence-electron chi connectivity index (χ3n) is 5.91. The lowest BCUT2D eigenvalue weighted by Crippen LogP contribution is -2.45. The van der Waals surface area contributed by atoms with Gasteiger partial charge < -0.3 is 14.4 Å². The summed E-state index contributed by atoms with van der Waals surface area (Å²) in [4.78, 5) is 39.0. The zero-order valence-corrected chi connectivity index (χ0v) is 21.5. The van der Waals surface area contributed by atoms with Crippen molar-refractivity contribution in [2.45, 2.75) is 84.2 Å². The molecule has 9 heteroatoms. The minimum absolute atomic E-state index is 0.0230. The Bertz CT molecular complexity index is 846. The largest absolute Gasteiger partial charge is 0.443 e. The fourth-order valence-electron chi connectivity index (χ4n) is 4.15. The second-order valence-corrected chi connectivity index (χ2v) is 10.1. The molecule has 0 radical (unpaired) electrons. The van der Waals surface area contributed by atoms with Crippen LogP contribution >= 0.6 is 0 Å². The normalized spacial score (nSPS) is 21.3. The predicted molar refractivity (Wildman–Crippen MR) is 135 cm³/mol. The molecule has 1 N–H and O–H groups in total. The zero-order valence-electron chi connectivity index (χ0n) is 21.5. The van der Waals surface area contributed by atoms with Gasteiger partial charge in [-0.25, -0.2) is 15.1 Å². The molecule has 1 aromatic heterocycles. The Morgan fingerprint density at radius 3 is 2.77 bits per heavy atom. The lowest BCUT2D eigenvalue weighted by atomic mass is 10.2. The summed E-state index contributed by atoms with van der Waals surface area (Å²) in [5.41, 5.74) is 3.08. The third kappa shape index (κ3) is 8.91. The maximum absolute atomic E-state index is 13.1. The second kappa shape index (κ2) is 13.0. The molecular formula is C26H40N4O5. The van der Waals surface area contributed by atoms with Crippen LogP contribution in [0.15, 0.2) is 24.4 Å². The summed E-state index contributed by atoms with van der Waals surface area (Å²) < 4.78 is 11.1. The number of hydrogen-bond acceptors (Lipinski definition) is 7. The molecule has 0 spiro atoms. The van der Waals surface area contributed by atoms with Gasteiger partial charge in [0.15, 0.2) is 6.29 Å². The molecule has 3 rings (SSSR count). The number of pyridine rings is 1. The Kier molecular flexibility index (Phi) is 10.1.